The minimum atomic E-state index is -2.94. The molecule has 2 amide bonds. The summed E-state index contributed by atoms with van der Waals surface area (Å²) < 4.78 is 27.6. The highest BCUT2D eigenvalue weighted by Crippen LogP contribution is 2.13. The number of H-pyrrole nitrogens is 1. The Bertz CT molecular complexity index is 504. The van der Waals surface area contributed by atoms with Crippen molar-refractivity contribution in [3.05, 3.63) is 12.0 Å². The highest BCUT2D eigenvalue weighted by molar-refractivity contribution is 5.94. The van der Waals surface area contributed by atoms with Gasteiger partial charge in [0.15, 0.2) is 5.69 Å². The Balaban J connectivity index is 2.69. The third-order valence-electron chi connectivity index (χ3n) is 2.02. The lowest BCUT2D eigenvalue weighted by Crippen LogP contribution is -2.27. The van der Waals surface area contributed by atoms with Gasteiger partial charge in [0, 0.05) is 6.92 Å². The van der Waals surface area contributed by atoms with E-state index in [2.05, 4.69) is 25.0 Å². The van der Waals surface area contributed by atoms with Gasteiger partial charge >= 0.3 is 6.61 Å². The molecular weight excluding hydrogens is 278 g/mol. The second-order valence-corrected chi connectivity index (χ2v) is 3.43. The molecule has 0 atom stereocenters. The van der Waals surface area contributed by atoms with E-state index in [0.29, 0.717) is 0 Å². The molecule has 0 aliphatic carbocycles. The number of halogens is 2. The number of carbonyl (C=O) groups is 2. The zero-order valence-corrected chi connectivity index (χ0v) is 10.4. The van der Waals surface area contributed by atoms with Crippen molar-refractivity contribution < 1.29 is 23.1 Å². The largest absolute Gasteiger partial charge is 0.364 e. The maximum absolute atomic E-state index is 11.8. The van der Waals surface area contributed by atoms with E-state index in [4.69, 9.17) is 5.73 Å². The van der Waals surface area contributed by atoms with Gasteiger partial charge in [0.2, 0.25) is 11.7 Å². The van der Waals surface area contributed by atoms with Crippen LogP contribution in [0.3, 0.4) is 0 Å². The standard InChI is InChI=1S/C9H12F2N6O3/c1-5(18)17(2-3-20-9(10)11)16-15-8-6(7(12)19)13-4-14-8/h4,9H,2-3H2,1H3,(H2,12,19)(H,13,14)/b16-15-. The minimum Gasteiger partial charge on any atom is -0.364 e. The van der Waals surface area contributed by atoms with Gasteiger partial charge in [0.05, 0.1) is 19.5 Å². The molecule has 1 aromatic heterocycles. The lowest BCUT2D eigenvalue weighted by Gasteiger charge is -2.12. The van der Waals surface area contributed by atoms with Gasteiger partial charge < -0.3 is 15.5 Å². The van der Waals surface area contributed by atoms with Gasteiger partial charge in [-0.25, -0.2) is 9.99 Å². The number of alkyl halides is 2. The summed E-state index contributed by atoms with van der Waals surface area (Å²) in [5.74, 6) is -1.45. The molecule has 0 spiro atoms. The Morgan fingerprint density at radius 3 is 2.85 bits per heavy atom. The van der Waals surface area contributed by atoms with Crippen LogP contribution in [-0.4, -0.2) is 46.6 Å². The Morgan fingerprint density at radius 2 is 2.30 bits per heavy atom. The molecule has 11 heteroatoms. The lowest BCUT2D eigenvalue weighted by molar-refractivity contribution is -0.142. The molecule has 0 unspecified atom stereocenters. The van der Waals surface area contributed by atoms with Crippen molar-refractivity contribution in [2.45, 2.75) is 13.5 Å². The molecular formula is C9H12F2N6O3. The average molecular weight is 290 g/mol. The van der Waals surface area contributed by atoms with E-state index in [0.717, 1.165) is 5.01 Å². The number of aromatic amines is 1. The molecule has 1 heterocycles. The summed E-state index contributed by atoms with van der Waals surface area (Å²) >= 11 is 0. The first kappa shape index (κ1) is 15.6. The molecule has 3 N–H and O–H groups in total. The Labute approximate surface area is 111 Å². The van der Waals surface area contributed by atoms with Crippen LogP contribution in [0, 0.1) is 0 Å². The van der Waals surface area contributed by atoms with Crippen molar-refractivity contribution in [2.24, 2.45) is 16.1 Å². The van der Waals surface area contributed by atoms with Crippen LogP contribution in [0.2, 0.25) is 0 Å². The predicted octanol–water partition coefficient (Wildman–Crippen LogP) is 0.595. The number of ether oxygens (including phenoxy) is 1. The highest BCUT2D eigenvalue weighted by Gasteiger charge is 2.13. The molecule has 0 aliphatic heterocycles. The molecule has 0 radical (unpaired) electrons. The van der Waals surface area contributed by atoms with E-state index in [1.165, 1.54) is 13.3 Å². The number of nitrogens with one attached hydrogen (secondary N) is 1. The summed E-state index contributed by atoms with van der Waals surface area (Å²) in [6.07, 6.45) is 1.17. The van der Waals surface area contributed by atoms with Gasteiger partial charge in [-0.15, -0.1) is 5.11 Å². The van der Waals surface area contributed by atoms with Crippen molar-refractivity contribution in [3.63, 3.8) is 0 Å². The number of rotatable bonds is 7. The van der Waals surface area contributed by atoms with E-state index in [1.54, 1.807) is 0 Å². The summed E-state index contributed by atoms with van der Waals surface area (Å²) in [6.45, 7) is -2.41. The molecule has 0 bridgehead atoms. The Hall–Kier alpha value is -2.43. The zero-order chi connectivity index (χ0) is 15.1. The number of nitrogens with two attached hydrogens (primary N) is 1. The number of nitrogens with zero attached hydrogens (tertiary/aromatic N) is 4. The van der Waals surface area contributed by atoms with Crippen LogP contribution < -0.4 is 5.73 Å². The van der Waals surface area contributed by atoms with Crippen molar-refractivity contribution in [1.82, 2.24) is 15.0 Å². The number of carbonyl (C=O) groups excluding carboxylic acids is 2. The first-order valence-corrected chi connectivity index (χ1v) is 5.34. The predicted molar refractivity (Wildman–Crippen MR) is 61.0 cm³/mol. The lowest BCUT2D eigenvalue weighted by atomic mass is 10.4. The van der Waals surface area contributed by atoms with Gasteiger partial charge in [-0.3, -0.25) is 9.59 Å². The first-order chi connectivity index (χ1) is 9.41. The summed E-state index contributed by atoms with van der Waals surface area (Å²) in [5, 5.41) is 7.84. The monoisotopic (exact) mass is 290 g/mol. The fraction of sp³-hybridized carbons (Fsp3) is 0.444. The molecule has 20 heavy (non-hydrogen) atoms. The van der Waals surface area contributed by atoms with E-state index in [1.807, 2.05) is 0 Å². The van der Waals surface area contributed by atoms with E-state index in [-0.39, 0.29) is 18.1 Å². The number of hydrogen-bond acceptors (Lipinski definition) is 6. The molecule has 0 aromatic carbocycles. The van der Waals surface area contributed by atoms with Crippen molar-refractivity contribution in [1.29, 1.82) is 0 Å². The van der Waals surface area contributed by atoms with Crippen LogP contribution >= 0.6 is 0 Å². The van der Waals surface area contributed by atoms with Gasteiger partial charge in [-0.2, -0.15) is 8.78 Å². The van der Waals surface area contributed by atoms with E-state index in [9.17, 15) is 18.4 Å². The van der Waals surface area contributed by atoms with Crippen LogP contribution in [0.4, 0.5) is 14.6 Å². The third kappa shape index (κ3) is 4.68. The normalized spacial score (nSPS) is 11.2. The van der Waals surface area contributed by atoms with Crippen LogP contribution in [-0.2, 0) is 9.53 Å². The minimum absolute atomic E-state index is 0.0823. The van der Waals surface area contributed by atoms with E-state index >= 15 is 0 Å². The molecule has 0 saturated heterocycles. The summed E-state index contributed by atoms with van der Waals surface area (Å²) in [5.41, 5.74) is 4.96. The van der Waals surface area contributed by atoms with Crippen LogP contribution in [0.25, 0.3) is 0 Å². The van der Waals surface area contributed by atoms with Gasteiger partial charge in [0.1, 0.15) is 0 Å². The van der Waals surface area contributed by atoms with Gasteiger partial charge in [-0.05, 0) is 0 Å². The quantitative estimate of drug-likeness (QED) is 0.563. The maximum atomic E-state index is 11.8. The Morgan fingerprint density at radius 1 is 1.60 bits per heavy atom. The fourth-order valence-corrected chi connectivity index (χ4v) is 1.13. The van der Waals surface area contributed by atoms with Crippen molar-refractivity contribution >= 4 is 17.6 Å². The fourth-order valence-electron chi connectivity index (χ4n) is 1.13. The number of imidazole rings is 1. The van der Waals surface area contributed by atoms with Crippen LogP contribution in [0.1, 0.15) is 17.4 Å². The second-order valence-electron chi connectivity index (χ2n) is 3.43. The maximum Gasteiger partial charge on any atom is 0.345 e. The van der Waals surface area contributed by atoms with Crippen LogP contribution in [0.15, 0.2) is 16.7 Å². The molecule has 9 nitrogen and oxygen atoms in total. The van der Waals surface area contributed by atoms with Crippen molar-refractivity contribution in [2.75, 3.05) is 13.2 Å². The first-order valence-electron chi connectivity index (χ1n) is 5.34. The smallest absolute Gasteiger partial charge is 0.345 e. The third-order valence-corrected chi connectivity index (χ3v) is 2.02. The number of primary amides is 1. The second kappa shape index (κ2) is 7.23. The molecule has 0 fully saturated rings. The number of hydrogen-bond donors (Lipinski definition) is 2. The van der Waals surface area contributed by atoms with Gasteiger partial charge in [0.25, 0.3) is 5.91 Å². The summed E-state index contributed by atoms with van der Waals surface area (Å²) in [4.78, 5) is 28.3. The number of amides is 2. The van der Waals surface area contributed by atoms with E-state index < -0.39 is 25.0 Å². The summed E-state index contributed by atoms with van der Waals surface area (Å²) in [6, 6.07) is 0. The molecule has 1 rings (SSSR count). The summed E-state index contributed by atoms with van der Waals surface area (Å²) in [7, 11) is 0. The highest BCUT2D eigenvalue weighted by atomic mass is 19.3. The molecule has 110 valence electrons. The zero-order valence-electron chi connectivity index (χ0n) is 10.4. The molecule has 0 saturated carbocycles. The topological polar surface area (TPSA) is 126 Å². The molecule has 1 aromatic rings. The SMILES string of the molecule is CC(=O)N(CCOC(F)F)/N=N\c1nc[nH]c1C(N)=O. The van der Waals surface area contributed by atoms with Crippen molar-refractivity contribution in [3.8, 4) is 0 Å². The number of aromatic nitrogens is 2. The average Bonchev–Trinajstić information content (AvgIpc) is 2.81. The Kier molecular flexibility index (Phi) is 5.65. The molecule has 0 aliphatic rings. The van der Waals surface area contributed by atoms with Crippen LogP contribution in [0.5, 0.6) is 0 Å². The van der Waals surface area contributed by atoms with Gasteiger partial charge in [-0.1, -0.05) is 5.22 Å².